The molecule has 5 heteroatoms. The van der Waals surface area contributed by atoms with Gasteiger partial charge in [0.05, 0.1) is 17.7 Å². The van der Waals surface area contributed by atoms with Crippen LogP contribution in [-0.4, -0.2) is 22.8 Å². The van der Waals surface area contributed by atoms with Crippen molar-refractivity contribution in [3.05, 3.63) is 71.0 Å². The van der Waals surface area contributed by atoms with E-state index in [0.717, 1.165) is 0 Å². The average Bonchev–Trinajstić information content (AvgIpc) is 2.54. The van der Waals surface area contributed by atoms with Gasteiger partial charge >= 0.3 is 0 Å². The van der Waals surface area contributed by atoms with Gasteiger partial charge in [-0.15, -0.1) is 0 Å². The van der Waals surface area contributed by atoms with E-state index in [4.69, 9.17) is 0 Å². The standard InChI is InChI=1S/C18H18FNO3/c1-11(17(22)13-7-9-14(19)10-8-13)20-18(23)16-6-4-3-5-15(16)12(2)21/h3-11,17,22H,1-2H3,(H,20,23). The van der Waals surface area contributed by atoms with Gasteiger partial charge in [-0.1, -0.05) is 30.3 Å². The van der Waals surface area contributed by atoms with Crippen LogP contribution in [0.1, 0.15) is 46.2 Å². The van der Waals surface area contributed by atoms with E-state index in [1.807, 2.05) is 0 Å². The minimum atomic E-state index is -0.982. The maximum atomic E-state index is 12.9. The maximum absolute atomic E-state index is 12.9. The number of hydrogen-bond donors (Lipinski definition) is 2. The number of aliphatic hydroxyl groups excluding tert-OH is 1. The molecular weight excluding hydrogens is 297 g/mol. The number of Topliss-reactive ketones (excluding diaryl/α,β-unsaturated/α-hetero) is 1. The first-order valence-electron chi connectivity index (χ1n) is 7.24. The largest absolute Gasteiger partial charge is 0.386 e. The number of rotatable bonds is 5. The Kier molecular flexibility index (Phi) is 5.24. The van der Waals surface area contributed by atoms with Crippen LogP contribution in [-0.2, 0) is 0 Å². The van der Waals surface area contributed by atoms with E-state index in [-0.39, 0.29) is 11.3 Å². The van der Waals surface area contributed by atoms with Gasteiger partial charge in [-0.05, 0) is 37.6 Å². The van der Waals surface area contributed by atoms with Gasteiger partial charge < -0.3 is 10.4 Å². The van der Waals surface area contributed by atoms with E-state index >= 15 is 0 Å². The van der Waals surface area contributed by atoms with Gasteiger partial charge in [0.25, 0.3) is 5.91 Å². The summed E-state index contributed by atoms with van der Waals surface area (Å²) in [5.41, 5.74) is 1.09. The molecule has 0 saturated heterocycles. The van der Waals surface area contributed by atoms with Crippen molar-refractivity contribution in [1.29, 1.82) is 0 Å². The Hall–Kier alpha value is -2.53. The van der Waals surface area contributed by atoms with E-state index in [2.05, 4.69) is 5.32 Å². The first-order chi connectivity index (χ1) is 10.9. The van der Waals surface area contributed by atoms with Crippen molar-refractivity contribution < 1.29 is 19.1 Å². The highest BCUT2D eigenvalue weighted by atomic mass is 19.1. The van der Waals surface area contributed by atoms with Crippen molar-refractivity contribution in [3.63, 3.8) is 0 Å². The highest BCUT2D eigenvalue weighted by Crippen LogP contribution is 2.18. The molecular formula is C18H18FNO3. The van der Waals surface area contributed by atoms with Crippen LogP contribution in [0, 0.1) is 5.82 Å². The molecule has 0 fully saturated rings. The molecule has 2 aromatic rings. The van der Waals surface area contributed by atoms with Crippen LogP contribution in [0.4, 0.5) is 4.39 Å². The summed E-state index contributed by atoms with van der Waals surface area (Å²) in [6.45, 7) is 3.03. The number of nitrogens with one attached hydrogen (secondary N) is 1. The summed E-state index contributed by atoms with van der Waals surface area (Å²) in [5.74, 6) is -1.04. The minimum Gasteiger partial charge on any atom is -0.386 e. The fraction of sp³-hybridized carbons (Fsp3) is 0.222. The number of carbonyl (C=O) groups is 2. The molecule has 23 heavy (non-hydrogen) atoms. The first-order valence-corrected chi connectivity index (χ1v) is 7.24. The Morgan fingerprint density at radius 3 is 2.17 bits per heavy atom. The van der Waals surface area contributed by atoms with E-state index < -0.39 is 23.9 Å². The second kappa shape index (κ2) is 7.15. The summed E-state index contributed by atoms with van der Waals surface area (Å²) >= 11 is 0. The Morgan fingerprint density at radius 2 is 1.61 bits per heavy atom. The van der Waals surface area contributed by atoms with Gasteiger partial charge in [-0.2, -0.15) is 0 Å². The SMILES string of the molecule is CC(=O)c1ccccc1C(=O)NC(C)C(O)c1ccc(F)cc1. The molecule has 120 valence electrons. The summed E-state index contributed by atoms with van der Waals surface area (Å²) in [6.07, 6.45) is -0.982. The van der Waals surface area contributed by atoms with Crippen molar-refractivity contribution in [3.8, 4) is 0 Å². The Labute approximate surface area is 134 Å². The number of aliphatic hydroxyl groups is 1. The monoisotopic (exact) mass is 315 g/mol. The maximum Gasteiger partial charge on any atom is 0.252 e. The third kappa shape index (κ3) is 4.02. The van der Waals surface area contributed by atoms with Crippen LogP contribution in [0.15, 0.2) is 48.5 Å². The summed E-state index contributed by atoms with van der Waals surface area (Å²) in [4.78, 5) is 23.9. The second-order valence-corrected chi connectivity index (χ2v) is 5.36. The van der Waals surface area contributed by atoms with Gasteiger partial charge in [0.2, 0.25) is 0 Å². The van der Waals surface area contributed by atoms with E-state index in [1.54, 1.807) is 31.2 Å². The normalized spacial score (nSPS) is 13.2. The smallest absolute Gasteiger partial charge is 0.252 e. The first kappa shape index (κ1) is 16.8. The molecule has 0 aliphatic rings. The number of ketones is 1. The van der Waals surface area contributed by atoms with E-state index in [0.29, 0.717) is 11.1 Å². The lowest BCUT2D eigenvalue weighted by molar-refractivity contribution is 0.0846. The lowest BCUT2D eigenvalue weighted by Gasteiger charge is -2.21. The molecule has 2 atom stereocenters. The molecule has 2 N–H and O–H groups in total. The number of benzene rings is 2. The fourth-order valence-corrected chi connectivity index (χ4v) is 2.30. The number of carbonyl (C=O) groups excluding carboxylic acids is 2. The van der Waals surface area contributed by atoms with Gasteiger partial charge in [0.1, 0.15) is 5.82 Å². The molecule has 0 heterocycles. The molecule has 2 aromatic carbocycles. The Morgan fingerprint density at radius 1 is 1.04 bits per heavy atom. The van der Waals surface area contributed by atoms with Crippen molar-refractivity contribution in [2.75, 3.05) is 0 Å². The molecule has 0 spiro atoms. The highest BCUT2D eigenvalue weighted by molar-refractivity contribution is 6.07. The summed E-state index contributed by atoms with van der Waals surface area (Å²) in [6, 6.07) is 11.3. The third-order valence-corrected chi connectivity index (χ3v) is 3.59. The molecule has 4 nitrogen and oxygen atoms in total. The highest BCUT2D eigenvalue weighted by Gasteiger charge is 2.21. The zero-order valence-corrected chi connectivity index (χ0v) is 12.9. The number of amides is 1. The quantitative estimate of drug-likeness (QED) is 0.834. The molecule has 0 aliphatic carbocycles. The average molecular weight is 315 g/mol. The van der Waals surface area contributed by atoms with Crippen molar-refractivity contribution in [1.82, 2.24) is 5.32 Å². The molecule has 0 radical (unpaired) electrons. The van der Waals surface area contributed by atoms with Crippen LogP contribution in [0.25, 0.3) is 0 Å². The third-order valence-electron chi connectivity index (χ3n) is 3.59. The molecule has 0 saturated carbocycles. The molecule has 0 aliphatic heterocycles. The Balaban J connectivity index is 2.13. The molecule has 2 unspecified atom stereocenters. The summed E-state index contributed by atoms with van der Waals surface area (Å²) in [7, 11) is 0. The van der Waals surface area contributed by atoms with Crippen LogP contribution in [0.3, 0.4) is 0 Å². The van der Waals surface area contributed by atoms with Crippen LogP contribution in [0.5, 0.6) is 0 Å². The van der Waals surface area contributed by atoms with Crippen LogP contribution < -0.4 is 5.32 Å². The van der Waals surface area contributed by atoms with E-state index in [9.17, 15) is 19.1 Å². The predicted octanol–water partition coefficient (Wildman–Crippen LogP) is 2.88. The van der Waals surface area contributed by atoms with Crippen molar-refractivity contribution in [2.24, 2.45) is 0 Å². The van der Waals surface area contributed by atoms with Crippen molar-refractivity contribution in [2.45, 2.75) is 26.0 Å². The van der Waals surface area contributed by atoms with Gasteiger partial charge in [-0.3, -0.25) is 9.59 Å². The zero-order chi connectivity index (χ0) is 17.0. The topological polar surface area (TPSA) is 66.4 Å². The van der Waals surface area contributed by atoms with Gasteiger partial charge in [0.15, 0.2) is 5.78 Å². The lowest BCUT2D eigenvalue weighted by atomic mass is 10.0. The van der Waals surface area contributed by atoms with Gasteiger partial charge in [-0.25, -0.2) is 4.39 Å². The van der Waals surface area contributed by atoms with Gasteiger partial charge in [0, 0.05) is 5.56 Å². The molecule has 1 amide bonds. The molecule has 0 bridgehead atoms. The van der Waals surface area contributed by atoms with E-state index in [1.165, 1.54) is 31.2 Å². The Bertz CT molecular complexity index is 712. The molecule has 0 aromatic heterocycles. The molecule has 2 rings (SSSR count). The minimum absolute atomic E-state index is 0.206. The number of hydrogen-bond acceptors (Lipinski definition) is 3. The predicted molar refractivity (Wildman–Crippen MR) is 84.7 cm³/mol. The number of halogens is 1. The lowest BCUT2D eigenvalue weighted by Crippen LogP contribution is -2.37. The summed E-state index contributed by atoms with van der Waals surface area (Å²) < 4.78 is 12.9. The summed E-state index contributed by atoms with van der Waals surface area (Å²) in [5, 5.41) is 12.9. The van der Waals surface area contributed by atoms with Crippen molar-refractivity contribution >= 4 is 11.7 Å². The van der Waals surface area contributed by atoms with Crippen LogP contribution >= 0.6 is 0 Å². The zero-order valence-electron chi connectivity index (χ0n) is 12.9. The fourth-order valence-electron chi connectivity index (χ4n) is 2.30. The van der Waals surface area contributed by atoms with Crippen LogP contribution in [0.2, 0.25) is 0 Å². The second-order valence-electron chi connectivity index (χ2n) is 5.36.